The van der Waals surface area contributed by atoms with Crippen LogP contribution in [0.4, 0.5) is 5.82 Å². The van der Waals surface area contributed by atoms with E-state index in [1.807, 2.05) is 24.4 Å². The third-order valence-corrected chi connectivity index (χ3v) is 2.20. The molecular weight excluding hydrogens is 222 g/mol. The molecule has 2 aromatic heterocycles. The number of fused-ring (bicyclic) bond motifs is 1. The van der Waals surface area contributed by atoms with Gasteiger partial charge in [0.25, 0.3) is 0 Å². The molecule has 2 rings (SSSR count). The standard InChI is InChI=1S/C11H11N3O3/c15-10(4-5-11(16)17)13-8-7-14-6-2-1-3-9(14)12-8/h1-3,6-7H,4-5H2,(H,13,15)(H,16,17). The summed E-state index contributed by atoms with van der Waals surface area (Å²) in [6.07, 6.45) is 3.26. The smallest absolute Gasteiger partial charge is 0.303 e. The van der Waals surface area contributed by atoms with Gasteiger partial charge in [-0.2, -0.15) is 0 Å². The lowest BCUT2D eigenvalue weighted by molar-refractivity contribution is -0.138. The summed E-state index contributed by atoms with van der Waals surface area (Å²) in [6, 6.07) is 5.51. The van der Waals surface area contributed by atoms with Gasteiger partial charge in [-0.3, -0.25) is 9.59 Å². The van der Waals surface area contributed by atoms with Crippen LogP contribution < -0.4 is 5.32 Å². The highest BCUT2D eigenvalue weighted by Gasteiger charge is 2.07. The predicted molar refractivity (Wildman–Crippen MR) is 60.7 cm³/mol. The average Bonchev–Trinajstić information content (AvgIpc) is 2.68. The third-order valence-electron chi connectivity index (χ3n) is 2.20. The lowest BCUT2D eigenvalue weighted by Gasteiger charge is -1.98. The van der Waals surface area contributed by atoms with Crippen molar-refractivity contribution >= 4 is 23.3 Å². The Morgan fingerprint density at radius 1 is 1.35 bits per heavy atom. The Balaban J connectivity index is 2.03. The minimum Gasteiger partial charge on any atom is -0.481 e. The van der Waals surface area contributed by atoms with Gasteiger partial charge in [-0.1, -0.05) is 6.07 Å². The van der Waals surface area contributed by atoms with E-state index in [2.05, 4.69) is 10.3 Å². The van der Waals surface area contributed by atoms with Crippen LogP contribution >= 0.6 is 0 Å². The Morgan fingerprint density at radius 2 is 2.18 bits per heavy atom. The molecule has 0 radical (unpaired) electrons. The van der Waals surface area contributed by atoms with Gasteiger partial charge in [-0.25, -0.2) is 4.98 Å². The number of imidazole rings is 1. The molecule has 1 amide bonds. The second kappa shape index (κ2) is 4.65. The zero-order valence-corrected chi connectivity index (χ0v) is 8.96. The first-order valence-corrected chi connectivity index (χ1v) is 5.10. The molecule has 0 saturated carbocycles. The van der Waals surface area contributed by atoms with Gasteiger partial charge < -0.3 is 14.8 Å². The molecule has 17 heavy (non-hydrogen) atoms. The van der Waals surface area contributed by atoms with Gasteiger partial charge in [-0.15, -0.1) is 0 Å². The van der Waals surface area contributed by atoms with Crippen LogP contribution in [0.25, 0.3) is 5.65 Å². The lowest BCUT2D eigenvalue weighted by atomic mass is 10.3. The van der Waals surface area contributed by atoms with Gasteiger partial charge in [0.2, 0.25) is 5.91 Å². The fraction of sp³-hybridized carbons (Fsp3) is 0.182. The number of aromatic nitrogens is 2. The van der Waals surface area contributed by atoms with Gasteiger partial charge in [0, 0.05) is 12.6 Å². The fourth-order valence-electron chi connectivity index (χ4n) is 1.42. The molecule has 2 aromatic rings. The Morgan fingerprint density at radius 3 is 2.88 bits per heavy atom. The van der Waals surface area contributed by atoms with Crippen molar-refractivity contribution in [3.8, 4) is 0 Å². The highest BCUT2D eigenvalue weighted by atomic mass is 16.4. The third kappa shape index (κ3) is 2.81. The summed E-state index contributed by atoms with van der Waals surface area (Å²) in [5.41, 5.74) is 0.723. The molecule has 0 aromatic carbocycles. The van der Waals surface area contributed by atoms with Gasteiger partial charge in [0.15, 0.2) is 5.82 Å². The number of carboxylic acid groups (broad SMARTS) is 1. The van der Waals surface area contributed by atoms with E-state index in [9.17, 15) is 9.59 Å². The van der Waals surface area contributed by atoms with E-state index in [4.69, 9.17) is 5.11 Å². The summed E-state index contributed by atoms with van der Waals surface area (Å²) in [4.78, 5) is 25.8. The summed E-state index contributed by atoms with van der Waals surface area (Å²) in [5, 5.41) is 11.0. The number of hydrogen-bond acceptors (Lipinski definition) is 3. The number of nitrogens with zero attached hydrogens (tertiary/aromatic N) is 2. The molecule has 6 nitrogen and oxygen atoms in total. The monoisotopic (exact) mass is 233 g/mol. The number of carboxylic acids is 1. The van der Waals surface area contributed by atoms with Crippen molar-refractivity contribution in [3.05, 3.63) is 30.6 Å². The van der Waals surface area contributed by atoms with Crippen LogP contribution in [0.1, 0.15) is 12.8 Å². The van der Waals surface area contributed by atoms with Crippen LogP contribution in [0.15, 0.2) is 30.6 Å². The van der Waals surface area contributed by atoms with E-state index in [0.717, 1.165) is 5.65 Å². The number of anilines is 1. The van der Waals surface area contributed by atoms with Gasteiger partial charge in [0.1, 0.15) is 5.65 Å². The molecule has 0 fully saturated rings. The fourth-order valence-corrected chi connectivity index (χ4v) is 1.42. The highest BCUT2D eigenvalue weighted by Crippen LogP contribution is 2.09. The number of pyridine rings is 1. The lowest BCUT2D eigenvalue weighted by Crippen LogP contribution is -2.13. The van der Waals surface area contributed by atoms with Crippen molar-refractivity contribution in [3.63, 3.8) is 0 Å². The van der Waals surface area contributed by atoms with Crippen molar-refractivity contribution in [2.24, 2.45) is 0 Å². The average molecular weight is 233 g/mol. The van der Waals surface area contributed by atoms with Crippen LogP contribution in [0, 0.1) is 0 Å². The maximum absolute atomic E-state index is 11.4. The first-order chi connectivity index (χ1) is 8.15. The van der Waals surface area contributed by atoms with Gasteiger partial charge in [0.05, 0.1) is 12.6 Å². The molecule has 2 N–H and O–H groups in total. The predicted octanol–water partition coefficient (Wildman–Crippen LogP) is 1.14. The number of nitrogens with one attached hydrogen (secondary N) is 1. The van der Waals surface area contributed by atoms with Crippen LogP contribution in [-0.2, 0) is 9.59 Å². The number of carbonyl (C=O) groups is 2. The molecule has 0 aliphatic carbocycles. The minimum absolute atomic E-state index is 0.0524. The van der Waals surface area contributed by atoms with E-state index in [0.29, 0.717) is 5.82 Å². The topological polar surface area (TPSA) is 83.7 Å². The Kier molecular flexibility index (Phi) is 3.04. The highest BCUT2D eigenvalue weighted by molar-refractivity contribution is 5.91. The SMILES string of the molecule is O=C(O)CCC(=O)Nc1cn2ccccc2n1. The van der Waals surface area contributed by atoms with Crippen LogP contribution in [0.3, 0.4) is 0 Å². The quantitative estimate of drug-likeness (QED) is 0.829. The van der Waals surface area contributed by atoms with E-state index in [-0.39, 0.29) is 18.7 Å². The Labute approximate surface area is 96.9 Å². The Bertz CT molecular complexity index is 529. The molecule has 0 aliphatic rings. The summed E-state index contributed by atoms with van der Waals surface area (Å²) >= 11 is 0. The molecule has 0 aliphatic heterocycles. The second-order valence-corrected chi connectivity index (χ2v) is 3.53. The van der Waals surface area contributed by atoms with Crippen molar-refractivity contribution in [2.75, 3.05) is 5.32 Å². The molecule has 0 spiro atoms. The van der Waals surface area contributed by atoms with E-state index in [1.165, 1.54) is 0 Å². The maximum Gasteiger partial charge on any atom is 0.303 e. The van der Waals surface area contributed by atoms with Crippen LogP contribution in [-0.4, -0.2) is 26.4 Å². The summed E-state index contributed by atoms with van der Waals surface area (Å²) < 4.78 is 1.77. The van der Waals surface area contributed by atoms with Gasteiger partial charge in [-0.05, 0) is 12.1 Å². The first-order valence-electron chi connectivity index (χ1n) is 5.10. The number of hydrogen-bond donors (Lipinski definition) is 2. The molecule has 0 unspecified atom stereocenters. The number of amides is 1. The van der Waals surface area contributed by atoms with Crippen molar-refractivity contribution in [1.82, 2.24) is 9.38 Å². The van der Waals surface area contributed by atoms with Gasteiger partial charge >= 0.3 is 5.97 Å². The molecule has 0 saturated heterocycles. The summed E-state index contributed by atoms with van der Waals surface area (Å²) in [7, 11) is 0. The molecule has 0 atom stereocenters. The normalized spacial score (nSPS) is 10.4. The molecule has 0 bridgehead atoms. The van der Waals surface area contributed by atoms with Crippen molar-refractivity contribution in [1.29, 1.82) is 0 Å². The number of aliphatic carboxylic acids is 1. The number of carbonyl (C=O) groups excluding carboxylic acids is 1. The molecular formula is C11H11N3O3. The van der Waals surface area contributed by atoms with E-state index in [1.54, 1.807) is 10.6 Å². The summed E-state index contributed by atoms with van der Waals surface area (Å²) in [5.74, 6) is -0.919. The largest absolute Gasteiger partial charge is 0.481 e. The zero-order chi connectivity index (χ0) is 12.3. The second-order valence-electron chi connectivity index (χ2n) is 3.53. The first kappa shape index (κ1) is 11.1. The molecule has 6 heteroatoms. The van der Waals surface area contributed by atoms with E-state index < -0.39 is 5.97 Å². The van der Waals surface area contributed by atoms with Crippen LogP contribution in [0.2, 0.25) is 0 Å². The molecule has 2 heterocycles. The molecule has 88 valence electrons. The summed E-state index contributed by atoms with van der Waals surface area (Å²) in [6.45, 7) is 0. The van der Waals surface area contributed by atoms with E-state index >= 15 is 0 Å². The minimum atomic E-state index is -0.991. The Hall–Kier alpha value is -2.37. The van der Waals surface area contributed by atoms with Crippen molar-refractivity contribution < 1.29 is 14.7 Å². The maximum atomic E-state index is 11.4. The zero-order valence-electron chi connectivity index (χ0n) is 8.96. The number of rotatable bonds is 4. The van der Waals surface area contributed by atoms with Crippen LogP contribution in [0.5, 0.6) is 0 Å². The van der Waals surface area contributed by atoms with Crippen molar-refractivity contribution in [2.45, 2.75) is 12.8 Å².